The first-order valence-corrected chi connectivity index (χ1v) is 5.45. The Bertz CT molecular complexity index is 418. The molecule has 1 aromatic rings. The summed E-state index contributed by atoms with van der Waals surface area (Å²) in [7, 11) is 1.49. The minimum Gasteiger partial charge on any atom is -0.496 e. The maximum atomic E-state index is 11.7. The number of rotatable bonds is 4. The highest BCUT2D eigenvalue weighted by Gasteiger charge is 2.12. The lowest BCUT2D eigenvalue weighted by molar-refractivity contribution is -0.116. The third-order valence-electron chi connectivity index (χ3n) is 1.91. The summed E-state index contributed by atoms with van der Waals surface area (Å²) in [5.74, 6) is 0.0550. The second kappa shape index (κ2) is 5.65. The van der Waals surface area contributed by atoms with Crippen molar-refractivity contribution in [2.24, 2.45) is 0 Å². The second-order valence-corrected chi connectivity index (χ2v) is 4.14. The summed E-state index contributed by atoms with van der Waals surface area (Å²) >= 11 is 3.28. The van der Waals surface area contributed by atoms with Gasteiger partial charge in [0.15, 0.2) is 0 Å². The van der Waals surface area contributed by atoms with E-state index in [1.807, 2.05) is 0 Å². The van der Waals surface area contributed by atoms with Gasteiger partial charge in [0.05, 0.1) is 19.2 Å². The van der Waals surface area contributed by atoms with Crippen molar-refractivity contribution in [1.82, 2.24) is 5.32 Å². The Morgan fingerprint density at radius 1 is 1.44 bits per heavy atom. The van der Waals surface area contributed by atoms with Crippen LogP contribution in [0.4, 0.5) is 0 Å². The molecule has 0 saturated carbocycles. The van der Waals surface area contributed by atoms with Crippen molar-refractivity contribution in [2.45, 2.75) is 6.92 Å². The first kappa shape index (κ1) is 12.7. The van der Waals surface area contributed by atoms with Gasteiger partial charge in [-0.25, -0.2) is 0 Å². The number of carbonyl (C=O) groups is 2. The SMILES string of the molecule is COc1cc(Br)ccc1C(=O)NCC(C)=O. The van der Waals surface area contributed by atoms with Gasteiger partial charge in [-0.05, 0) is 25.1 Å². The van der Waals surface area contributed by atoms with Gasteiger partial charge in [-0.2, -0.15) is 0 Å². The van der Waals surface area contributed by atoms with Crippen molar-refractivity contribution in [3.63, 3.8) is 0 Å². The standard InChI is InChI=1S/C11H12BrNO3/c1-7(14)6-13-11(15)9-4-3-8(12)5-10(9)16-2/h3-5H,6H2,1-2H3,(H,13,15). The van der Waals surface area contributed by atoms with E-state index in [4.69, 9.17) is 4.74 Å². The Morgan fingerprint density at radius 3 is 2.69 bits per heavy atom. The Hall–Kier alpha value is -1.36. The number of carbonyl (C=O) groups excluding carboxylic acids is 2. The number of hydrogen-bond donors (Lipinski definition) is 1. The molecule has 0 heterocycles. The maximum Gasteiger partial charge on any atom is 0.255 e. The van der Waals surface area contributed by atoms with Crippen LogP contribution in [0.15, 0.2) is 22.7 Å². The molecular weight excluding hydrogens is 274 g/mol. The number of hydrogen-bond acceptors (Lipinski definition) is 3. The molecule has 1 amide bonds. The summed E-state index contributed by atoms with van der Waals surface area (Å²) in [6, 6.07) is 5.08. The summed E-state index contributed by atoms with van der Waals surface area (Å²) in [6.45, 7) is 1.44. The maximum absolute atomic E-state index is 11.7. The van der Waals surface area contributed by atoms with Gasteiger partial charge in [-0.15, -0.1) is 0 Å². The molecule has 1 rings (SSSR count). The molecule has 0 fully saturated rings. The highest BCUT2D eigenvalue weighted by Crippen LogP contribution is 2.23. The van der Waals surface area contributed by atoms with E-state index in [9.17, 15) is 9.59 Å². The van der Waals surface area contributed by atoms with Crippen LogP contribution in [0.25, 0.3) is 0 Å². The quantitative estimate of drug-likeness (QED) is 0.917. The number of amides is 1. The topological polar surface area (TPSA) is 55.4 Å². The Balaban J connectivity index is 2.86. The zero-order valence-electron chi connectivity index (χ0n) is 9.04. The van der Waals surface area contributed by atoms with Crippen LogP contribution in [0.1, 0.15) is 17.3 Å². The normalized spacial score (nSPS) is 9.69. The Morgan fingerprint density at radius 2 is 2.12 bits per heavy atom. The molecule has 0 spiro atoms. The molecule has 5 heteroatoms. The first-order valence-electron chi connectivity index (χ1n) is 4.65. The lowest BCUT2D eigenvalue weighted by Gasteiger charge is -2.08. The van der Waals surface area contributed by atoms with E-state index >= 15 is 0 Å². The van der Waals surface area contributed by atoms with Crippen LogP contribution in [0.5, 0.6) is 5.75 Å². The van der Waals surface area contributed by atoms with E-state index in [1.54, 1.807) is 18.2 Å². The minimum absolute atomic E-state index is 0.0258. The third kappa shape index (κ3) is 3.34. The average Bonchev–Trinajstić information content (AvgIpc) is 2.25. The molecule has 16 heavy (non-hydrogen) atoms. The molecule has 0 aromatic heterocycles. The third-order valence-corrected chi connectivity index (χ3v) is 2.40. The van der Waals surface area contributed by atoms with Crippen LogP contribution >= 0.6 is 15.9 Å². The van der Waals surface area contributed by atoms with Gasteiger partial charge in [0, 0.05) is 4.47 Å². The van der Waals surface area contributed by atoms with Crippen molar-refractivity contribution in [3.8, 4) is 5.75 Å². The van der Waals surface area contributed by atoms with Crippen molar-refractivity contribution in [2.75, 3.05) is 13.7 Å². The number of nitrogens with one attached hydrogen (secondary N) is 1. The highest BCUT2D eigenvalue weighted by atomic mass is 79.9. The van der Waals surface area contributed by atoms with Crippen LogP contribution < -0.4 is 10.1 Å². The number of ketones is 1. The predicted octanol–water partition coefficient (Wildman–Crippen LogP) is 1.78. The van der Waals surface area contributed by atoms with Crippen LogP contribution in [0.2, 0.25) is 0 Å². The molecule has 0 saturated heterocycles. The van der Waals surface area contributed by atoms with E-state index < -0.39 is 0 Å². The first-order chi connectivity index (χ1) is 7.54. The van der Waals surface area contributed by atoms with Crippen LogP contribution in [0, 0.1) is 0 Å². The number of halogens is 1. The van der Waals surface area contributed by atoms with Gasteiger partial charge in [0.1, 0.15) is 11.5 Å². The number of Topliss-reactive ketones (excluding diaryl/α,β-unsaturated/α-hetero) is 1. The zero-order valence-corrected chi connectivity index (χ0v) is 10.6. The Labute approximate surface area is 102 Å². The molecule has 1 aromatic carbocycles. The van der Waals surface area contributed by atoms with Gasteiger partial charge >= 0.3 is 0 Å². The lowest BCUT2D eigenvalue weighted by Crippen LogP contribution is -2.28. The van der Waals surface area contributed by atoms with E-state index in [0.29, 0.717) is 11.3 Å². The molecule has 1 N–H and O–H groups in total. The van der Waals surface area contributed by atoms with E-state index in [2.05, 4.69) is 21.2 Å². The highest BCUT2D eigenvalue weighted by molar-refractivity contribution is 9.10. The number of ether oxygens (including phenoxy) is 1. The summed E-state index contributed by atoms with van der Waals surface area (Å²) in [6.07, 6.45) is 0. The van der Waals surface area contributed by atoms with Crippen molar-refractivity contribution >= 4 is 27.6 Å². The van der Waals surface area contributed by atoms with Crippen LogP contribution in [-0.4, -0.2) is 25.3 Å². The van der Waals surface area contributed by atoms with Crippen molar-refractivity contribution in [1.29, 1.82) is 0 Å². The summed E-state index contributed by atoms with van der Waals surface area (Å²) in [5.41, 5.74) is 0.409. The van der Waals surface area contributed by atoms with Gasteiger partial charge in [-0.1, -0.05) is 15.9 Å². The molecule has 0 aliphatic rings. The molecule has 0 aliphatic heterocycles. The van der Waals surface area contributed by atoms with Crippen LogP contribution in [0.3, 0.4) is 0 Å². The van der Waals surface area contributed by atoms with Gasteiger partial charge < -0.3 is 10.1 Å². The minimum atomic E-state index is -0.320. The Kier molecular flexibility index (Phi) is 4.49. The van der Waals surface area contributed by atoms with E-state index in [0.717, 1.165) is 4.47 Å². The van der Waals surface area contributed by atoms with Gasteiger partial charge in [0.2, 0.25) is 0 Å². The fourth-order valence-corrected chi connectivity index (χ4v) is 1.49. The van der Waals surface area contributed by atoms with Crippen LogP contribution in [-0.2, 0) is 4.79 Å². The molecule has 0 atom stereocenters. The fraction of sp³-hybridized carbons (Fsp3) is 0.273. The molecule has 86 valence electrons. The molecule has 0 radical (unpaired) electrons. The number of benzene rings is 1. The summed E-state index contributed by atoms with van der Waals surface area (Å²) in [4.78, 5) is 22.4. The molecule has 0 bridgehead atoms. The fourth-order valence-electron chi connectivity index (χ4n) is 1.15. The second-order valence-electron chi connectivity index (χ2n) is 3.23. The summed E-state index contributed by atoms with van der Waals surface area (Å²) in [5, 5.41) is 2.51. The summed E-state index contributed by atoms with van der Waals surface area (Å²) < 4.78 is 5.90. The van der Waals surface area contributed by atoms with Crippen molar-refractivity contribution < 1.29 is 14.3 Å². The van der Waals surface area contributed by atoms with E-state index in [1.165, 1.54) is 14.0 Å². The monoisotopic (exact) mass is 285 g/mol. The smallest absolute Gasteiger partial charge is 0.255 e. The van der Waals surface area contributed by atoms with Gasteiger partial charge in [0.25, 0.3) is 5.91 Å². The molecule has 4 nitrogen and oxygen atoms in total. The van der Waals surface area contributed by atoms with Gasteiger partial charge in [-0.3, -0.25) is 9.59 Å². The molecular formula is C11H12BrNO3. The molecule has 0 aliphatic carbocycles. The average molecular weight is 286 g/mol. The predicted molar refractivity (Wildman–Crippen MR) is 63.7 cm³/mol. The molecule has 0 unspecified atom stereocenters. The lowest BCUT2D eigenvalue weighted by atomic mass is 10.2. The number of methoxy groups -OCH3 is 1. The van der Waals surface area contributed by atoms with Crippen molar-refractivity contribution in [3.05, 3.63) is 28.2 Å². The zero-order chi connectivity index (χ0) is 12.1. The largest absolute Gasteiger partial charge is 0.496 e. The van der Waals surface area contributed by atoms with E-state index in [-0.39, 0.29) is 18.2 Å².